The molecule has 0 bridgehead atoms. The fourth-order valence-corrected chi connectivity index (χ4v) is 2.02. The molecule has 2 aromatic carbocycles. The second-order valence-corrected chi connectivity index (χ2v) is 4.86. The molecule has 98 valence electrons. The number of carbonyl (C=O) groups is 1. The maximum Gasteiger partial charge on any atom is 0.323 e. The molecule has 0 fully saturated rings. The van der Waals surface area contributed by atoms with Gasteiger partial charge in [0.1, 0.15) is 6.54 Å². The van der Waals surface area contributed by atoms with Crippen LogP contribution in [0.1, 0.15) is 0 Å². The number of carboxylic acids is 1. The number of nitrogens with zero attached hydrogens (tertiary/aromatic N) is 1. The molecule has 3 nitrogen and oxygen atoms in total. The number of carboxylic acid groups (broad SMARTS) is 1. The number of anilines is 1. The van der Waals surface area contributed by atoms with Gasteiger partial charge >= 0.3 is 5.97 Å². The first-order chi connectivity index (χ1) is 9.06. The molecule has 2 rings (SSSR count). The first kappa shape index (κ1) is 13.5. The Hall–Kier alpha value is -1.94. The minimum atomic E-state index is -0.840. The van der Waals surface area contributed by atoms with Gasteiger partial charge in [0.15, 0.2) is 0 Å². The molecule has 0 aliphatic rings. The number of thiol groups is 1. The van der Waals surface area contributed by atoms with Gasteiger partial charge in [-0.3, -0.25) is 4.79 Å². The van der Waals surface area contributed by atoms with E-state index >= 15 is 0 Å². The summed E-state index contributed by atoms with van der Waals surface area (Å²) in [5, 5.41) is 8.81. The van der Waals surface area contributed by atoms with E-state index in [0.29, 0.717) is 0 Å². The van der Waals surface area contributed by atoms with Gasteiger partial charge < -0.3 is 10.0 Å². The summed E-state index contributed by atoms with van der Waals surface area (Å²) in [5.74, 6) is -0.840. The third-order valence-electron chi connectivity index (χ3n) is 2.86. The standard InChI is InChI=1S/C15H15NO2S/c1-16(10-15(17)18)13-4-2-3-12(9-13)11-5-7-14(19)8-6-11/h2-9,19H,10H2,1H3,(H,17,18). The second-order valence-electron chi connectivity index (χ2n) is 4.35. The summed E-state index contributed by atoms with van der Waals surface area (Å²) < 4.78 is 0. The Labute approximate surface area is 117 Å². The Morgan fingerprint density at radius 3 is 2.47 bits per heavy atom. The number of hydrogen-bond acceptors (Lipinski definition) is 3. The number of hydrogen-bond donors (Lipinski definition) is 2. The van der Waals surface area contributed by atoms with Crippen molar-refractivity contribution in [3.63, 3.8) is 0 Å². The number of rotatable bonds is 4. The SMILES string of the molecule is CN(CC(=O)O)c1cccc(-c2ccc(S)cc2)c1. The molecule has 4 heteroatoms. The number of likely N-dealkylation sites (N-methyl/N-ethyl adjacent to an activating group) is 1. The van der Waals surface area contributed by atoms with E-state index in [9.17, 15) is 4.79 Å². The molecule has 0 amide bonds. The van der Waals surface area contributed by atoms with Crippen molar-refractivity contribution in [1.29, 1.82) is 0 Å². The molecule has 0 saturated carbocycles. The zero-order valence-corrected chi connectivity index (χ0v) is 11.5. The van der Waals surface area contributed by atoms with E-state index in [1.807, 2.05) is 48.5 Å². The minimum Gasteiger partial charge on any atom is -0.480 e. The predicted octanol–water partition coefficient (Wildman–Crippen LogP) is 3.16. The Balaban J connectivity index is 2.28. The van der Waals surface area contributed by atoms with E-state index in [4.69, 9.17) is 5.11 Å². The smallest absolute Gasteiger partial charge is 0.323 e. The first-order valence-corrected chi connectivity index (χ1v) is 6.33. The normalized spacial score (nSPS) is 10.2. The van der Waals surface area contributed by atoms with E-state index in [1.54, 1.807) is 11.9 Å². The fourth-order valence-electron chi connectivity index (χ4n) is 1.87. The highest BCUT2D eigenvalue weighted by molar-refractivity contribution is 7.80. The van der Waals surface area contributed by atoms with Crippen LogP contribution in [0.5, 0.6) is 0 Å². The van der Waals surface area contributed by atoms with Gasteiger partial charge in [0.25, 0.3) is 0 Å². The Morgan fingerprint density at radius 1 is 1.16 bits per heavy atom. The van der Waals surface area contributed by atoms with Gasteiger partial charge in [0, 0.05) is 17.6 Å². The highest BCUT2D eigenvalue weighted by Crippen LogP contribution is 2.25. The first-order valence-electron chi connectivity index (χ1n) is 5.88. The largest absolute Gasteiger partial charge is 0.480 e. The molecule has 0 saturated heterocycles. The van der Waals surface area contributed by atoms with Crippen molar-refractivity contribution in [1.82, 2.24) is 0 Å². The molecule has 1 N–H and O–H groups in total. The van der Waals surface area contributed by atoms with Crippen molar-refractivity contribution in [2.45, 2.75) is 4.90 Å². The molecule has 0 aromatic heterocycles. The second kappa shape index (κ2) is 5.80. The van der Waals surface area contributed by atoms with E-state index < -0.39 is 5.97 Å². The van der Waals surface area contributed by atoms with Gasteiger partial charge in [0.2, 0.25) is 0 Å². The number of benzene rings is 2. The lowest BCUT2D eigenvalue weighted by molar-refractivity contribution is -0.135. The fraction of sp³-hybridized carbons (Fsp3) is 0.133. The quantitative estimate of drug-likeness (QED) is 0.841. The summed E-state index contributed by atoms with van der Waals surface area (Å²) in [5.41, 5.74) is 3.03. The summed E-state index contributed by atoms with van der Waals surface area (Å²) in [6.07, 6.45) is 0. The predicted molar refractivity (Wildman–Crippen MR) is 80.0 cm³/mol. The topological polar surface area (TPSA) is 40.5 Å². The summed E-state index contributed by atoms with van der Waals surface area (Å²) in [6, 6.07) is 15.7. The minimum absolute atomic E-state index is 0.0149. The Kier molecular flexibility index (Phi) is 4.12. The molecule has 0 radical (unpaired) electrons. The highest BCUT2D eigenvalue weighted by Gasteiger charge is 2.06. The molecule has 2 aromatic rings. The van der Waals surface area contributed by atoms with E-state index in [0.717, 1.165) is 21.7 Å². The van der Waals surface area contributed by atoms with Crippen LogP contribution < -0.4 is 4.90 Å². The van der Waals surface area contributed by atoms with Crippen molar-refractivity contribution < 1.29 is 9.90 Å². The van der Waals surface area contributed by atoms with Gasteiger partial charge in [-0.1, -0.05) is 24.3 Å². The van der Waals surface area contributed by atoms with Crippen LogP contribution in [0, 0.1) is 0 Å². The third kappa shape index (κ3) is 3.51. The third-order valence-corrected chi connectivity index (χ3v) is 3.16. The van der Waals surface area contributed by atoms with Crippen molar-refractivity contribution >= 4 is 24.3 Å². The molecular weight excluding hydrogens is 258 g/mol. The van der Waals surface area contributed by atoms with Gasteiger partial charge in [0.05, 0.1) is 0 Å². The molecule has 0 aliphatic carbocycles. The van der Waals surface area contributed by atoms with Gasteiger partial charge in [-0.05, 0) is 35.4 Å². The highest BCUT2D eigenvalue weighted by atomic mass is 32.1. The lowest BCUT2D eigenvalue weighted by Gasteiger charge is -2.17. The summed E-state index contributed by atoms with van der Waals surface area (Å²) in [4.78, 5) is 13.4. The summed E-state index contributed by atoms with van der Waals surface area (Å²) in [7, 11) is 1.77. The monoisotopic (exact) mass is 273 g/mol. The van der Waals surface area contributed by atoms with Gasteiger partial charge in [-0.2, -0.15) is 0 Å². The molecule has 0 heterocycles. The molecule has 0 unspecified atom stereocenters. The lowest BCUT2D eigenvalue weighted by atomic mass is 10.1. The van der Waals surface area contributed by atoms with Crippen LogP contribution in [-0.2, 0) is 4.79 Å². The van der Waals surface area contributed by atoms with Crippen LogP contribution in [0.25, 0.3) is 11.1 Å². The van der Waals surface area contributed by atoms with Crippen LogP contribution >= 0.6 is 12.6 Å². The van der Waals surface area contributed by atoms with Crippen LogP contribution in [0.4, 0.5) is 5.69 Å². The van der Waals surface area contributed by atoms with E-state index in [-0.39, 0.29) is 6.54 Å². The maximum absolute atomic E-state index is 10.7. The molecular formula is C15H15NO2S. The van der Waals surface area contributed by atoms with E-state index in [1.165, 1.54) is 0 Å². The van der Waals surface area contributed by atoms with Gasteiger partial charge in [-0.15, -0.1) is 12.6 Å². The molecule has 0 spiro atoms. The number of aliphatic carboxylic acids is 1. The summed E-state index contributed by atoms with van der Waals surface area (Å²) >= 11 is 4.26. The van der Waals surface area contributed by atoms with Crippen LogP contribution in [-0.4, -0.2) is 24.7 Å². The average molecular weight is 273 g/mol. The average Bonchev–Trinajstić information content (AvgIpc) is 2.39. The lowest BCUT2D eigenvalue weighted by Crippen LogP contribution is -2.24. The van der Waals surface area contributed by atoms with E-state index in [2.05, 4.69) is 12.6 Å². The Morgan fingerprint density at radius 2 is 1.84 bits per heavy atom. The van der Waals surface area contributed by atoms with Crippen molar-refractivity contribution in [2.24, 2.45) is 0 Å². The zero-order valence-electron chi connectivity index (χ0n) is 10.6. The van der Waals surface area contributed by atoms with Crippen molar-refractivity contribution in [2.75, 3.05) is 18.5 Å². The van der Waals surface area contributed by atoms with Crippen LogP contribution in [0.3, 0.4) is 0 Å². The van der Waals surface area contributed by atoms with Gasteiger partial charge in [-0.25, -0.2) is 0 Å². The molecule has 19 heavy (non-hydrogen) atoms. The van der Waals surface area contributed by atoms with Crippen LogP contribution in [0.2, 0.25) is 0 Å². The Bertz CT molecular complexity index is 581. The van der Waals surface area contributed by atoms with Crippen molar-refractivity contribution in [3.05, 3.63) is 48.5 Å². The molecule has 0 atom stereocenters. The zero-order chi connectivity index (χ0) is 13.8. The molecule has 0 aliphatic heterocycles. The maximum atomic E-state index is 10.7. The van der Waals surface area contributed by atoms with Crippen LogP contribution in [0.15, 0.2) is 53.4 Å². The summed E-state index contributed by atoms with van der Waals surface area (Å²) in [6.45, 7) is -0.0149. The van der Waals surface area contributed by atoms with Crippen molar-refractivity contribution in [3.8, 4) is 11.1 Å².